The monoisotopic (exact) mass is 225 g/mol. The average molecular weight is 225 g/mol. The van der Waals surface area contributed by atoms with Gasteiger partial charge in [-0.2, -0.15) is 0 Å². The minimum atomic E-state index is -0.000336. The van der Waals surface area contributed by atoms with Gasteiger partial charge in [-0.15, -0.1) is 0 Å². The van der Waals surface area contributed by atoms with Crippen LogP contribution in [0.2, 0.25) is 0 Å². The van der Waals surface area contributed by atoms with E-state index in [9.17, 15) is 5.11 Å². The van der Waals surface area contributed by atoms with Crippen molar-refractivity contribution in [3.8, 4) is 0 Å². The predicted octanol–water partition coefficient (Wildman–Crippen LogP) is 2.52. The highest BCUT2D eigenvalue weighted by Crippen LogP contribution is 2.29. The van der Waals surface area contributed by atoms with E-state index >= 15 is 0 Å². The molecule has 0 aromatic heterocycles. The molecule has 2 nitrogen and oxygen atoms in total. The topological polar surface area (TPSA) is 23.5 Å². The third-order valence-corrected chi connectivity index (χ3v) is 4.38. The molecule has 1 saturated carbocycles. The third-order valence-electron chi connectivity index (χ3n) is 4.38. The highest BCUT2D eigenvalue weighted by molar-refractivity contribution is 4.80. The van der Waals surface area contributed by atoms with E-state index in [-0.39, 0.29) is 6.10 Å². The zero-order valence-corrected chi connectivity index (χ0v) is 10.9. The van der Waals surface area contributed by atoms with Crippen LogP contribution < -0.4 is 0 Å². The predicted molar refractivity (Wildman–Crippen MR) is 67.3 cm³/mol. The summed E-state index contributed by atoms with van der Waals surface area (Å²) in [7, 11) is 0. The molecule has 2 rings (SSSR count). The molecule has 1 aliphatic heterocycles. The zero-order valence-electron chi connectivity index (χ0n) is 10.9. The first-order chi connectivity index (χ1) is 7.65. The fraction of sp³-hybridized carbons (Fsp3) is 1.00. The van der Waals surface area contributed by atoms with E-state index in [1.54, 1.807) is 0 Å². The molecule has 1 heterocycles. The van der Waals surface area contributed by atoms with Crippen LogP contribution in [0.3, 0.4) is 0 Å². The first kappa shape index (κ1) is 12.4. The second-order valence-electron chi connectivity index (χ2n) is 6.25. The highest BCUT2D eigenvalue weighted by atomic mass is 16.3. The quantitative estimate of drug-likeness (QED) is 0.798. The standard InChI is InChI=1S/C14H27NO/c1-11-8-12(2)10-15(9-11)7-6-13-4-3-5-14(13)16/h11-14,16H,3-10H2,1-2H3. The van der Waals surface area contributed by atoms with Gasteiger partial charge in [0.05, 0.1) is 6.10 Å². The van der Waals surface area contributed by atoms with Crippen LogP contribution in [0.25, 0.3) is 0 Å². The van der Waals surface area contributed by atoms with Crippen LogP contribution in [0.1, 0.15) is 46.0 Å². The minimum Gasteiger partial charge on any atom is -0.393 e. The lowest BCUT2D eigenvalue weighted by Gasteiger charge is -2.35. The molecule has 2 heteroatoms. The number of nitrogens with zero attached hydrogens (tertiary/aromatic N) is 1. The van der Waals surface area contributed by atoms with Gasteiger partial charge in [0, 0.05) is 13.1 Å². The Hall–Kier alpha value is -0.0800. The van der Waals surface area contributed by atoms with Gasteiger partial charge < -0.3 is 10.0 Å². The molecule has 1 N–H and O–H groups in total. The molecule has 94 valence electrons. The molecule has 2 fully saturated rings. The van der Waals surface area contributed by atoms with Gasteiger partial charge >= 0.3 is 0 Å². The molecule has 16 heavy (non-hydrogen) atoms. The smallest absolute Gasteiger partial charge is 0.0568 e. The van der Waals surface area contributed by atoms with Gasteiger partial charge in [-0.25, -0.2) is 0 Å². The Labute approximate surface area is 100 Å². The van der Waals surface area contributed by atoms with Crippen LogP contribution in [-0.2, 0) is 0 Å². The van der Waals surface area contributed by atoms with Crippen LogP contribution in [-0.4, -0.2) is 35.7 Å². The summed E-state index contributed by atoms with van der Waals surface area (Å²) in [6.45, 7) is 8.48. The fourth-order valence-electron chi connectivity index (χ4n) is 3.68. The van der Waals surface area contributed by atoms with Crippen molar-refractivity contribution in [1.29, 1.82) is 0 Å². The van der Waals surface area contributed by atoms with Crippen molar-refractivity contribution in [2.45, 2.75) is 52.1 Å². The maximum absolute atomic E-state index is 9.80. The van der Waals surface area contributed by atoms with Crippen LogP contribution in [0, 0.1) is 17.8 Å². The SMILES string of the molecule is CC1CC(C)CN(CCC2CCCC2O)C1. The Morgan fingerprint density at radius 2 is 1.81 bits per heavy atom. The van der Waals surface area contributed by atoms with Crippen LogP contribution >= 0.6 is 0 Å². The van der Waals surface area contributed by atoms with E-state index in [4.69, 9.17) is 0 Å². The number of piperidine rings is 1. The first-order valence-corrected chi connectivity index (χ1v) is 7.05. The Balaban J connectivity index is 1.72. The maximum atomic E-state index is 9.80. The van der Waals surface area contributed by atoms with E-state index in [2.05, 4.69) is 18.7 Å². The second kappa shape index (κ2) is 5.50. The lowest BCUT2D eigenvalue weighted by atomic mass is 9.91. The Morgan fingerprint density at radius 3 is 2.38 bits per heavy atom. The average Bonchev–Trinajstić information content (AvgIpc) is 2.59. The summed E-state index contributed by atoms with van der Waals surface area (Å²) in [5.41, 5.74) is 0. The molecular weight excluding hydrogens is 198 g/mol. The minimum absolute atomic E-state index is 0.000336. The summed E-state index contributed by atoms with van der Waals surface area (Å²) in [4.78, 5) is 2.61. The van der Waals surface area contributed by atoms with Crippen LogP contribution in [0.4, 0.5) is 0 Å². The molecule has 0 amide bonds. The molecule has 4 atom stereocenters. The molecule has 4 unspecified atom stereocenters. The van der Waals surface area contributed by atoms with Crippen LogP contribution in [0.15, 0.2) is 0 Å². The maximum Gasteiger partial charge on any atom is 0.0568 e. The zero-order chi connectivity index (χ0) is 11.5. The number of hydrogen-bond acceptors (Lipinski definition) is 2. The normalized spacial score (nSPS) is 41.4. The van der Waals surface area contributed by atoms with Gasteiger partial charge in [-0.05, 0) is 50.0 Å². The van der Waals surface area contributed by atoms with Gasteiger partial charge in [-0.1, -0.05) is 20.3 Å². The van der Waals surface area contributed by atoms with Gasteiger partial charge in [0.15, 0.2) is 0 Å². The molecule has 1 aliphatic carbocycles. The highest BCUT2D eigenvalue weighted by Gasteiger charge is 2.27. The lowest BCUT2D eigenvalue weighted by Crippen LogP contribution is -2.40. The van der Waals surface area contributed by atoms with Gasteiger partial charge in [0.1, 0.15) is 0 Å². The number of aliphatic hydroxyl groups is 1. The van der Waals surface area contributed by atoms with Gasteiger partial charge in [0.2, 0.25) is 0 Å². The summed E-state index contributed by atoms with van der Waals surface area (Å²) in [6.07, 6.45) is 6.12. The molecule has 0 radical (unpaired) electrons. The van der Waals surface area contributed by atoms with Crippen molar-refractivity contribution in [3.63, 3.8) is 0 Å². The van der Waals surface area contributed by atoms with Crippen molar-refractivity contribution < 1.29 is 5.11 Å². The molecule has 0 bridgehead atoms. The van der Waals surface area contributed by atoms with Crippen molar-refractivity contribution in [2.75, 3.05) is 19.6 Å². The molecule has 2 aliphatic rings. The fourth-order valence-corrected chi connectivity index (χ4v) is 3.68. The largest absolute Gasteiger partial charge is 0.393 e. The molecule has 0 aromatic carbocycles. The number of hydrogen-bond donors (Lipinski definition) is 1. The molecule has 0 aromatic rings. The van der Waals surface area contributed by atoms with Crippen molar-refractivity contribution >= 4 is 0 Å². The summed E-state index contributed by atoms with van der Waals surface area (Å²) in [6, 6.07) is 0. The van der Waals surface area contributed by atoms with E-state index in [1.807, 2.05) is 0 Å². The van der Waals surface area contributed by atoms with Crippen LogP contribution in [0.5, 0.6) is 0 Å². The van der Waals surface area contributed by atoms with E-state index in [1.165, 1.54) is 45.3 Å². The van der Waals surface area contributed by atoms with Crippen molar-refractivity contribution in [3.05, 3.63) is 0 Å². The Bertz CT molecular complexity index is 209. The van der Waals surface area contributed by atoms with E-state index in [0.29, 0.717) is 5.92 Å². The lowest BCUT2D eigenvalue weighted by molar-refractivity contribution is 0.0980. The third kappa shape index (κ3) is 3.21. The Kier molecular flexibility index (Phi) is 4.26. The summed E-state index contributed by atoms with van der Waals surface area (Å²) in [5, 5.41) is 9.80. The van der Waals surface area contributed by atoms with E-state index < -0.39 is 0 Å². The van der Waals surface area contributed by atoms with Gasteiger partial charge in [-0.3, -0.25) is 0 Å². The second-order valence-corrected chi connectivity index (χ2v) is 6.25. The Morgan fingerprint density at radius 1 is 1.12 bits per heavy atom. The molecule has 1 saturated heterocycles. The van der Waals surface area contributed by atoms with Crippen molar-refractivity contribution in [1.82, 2.24) is 4.90 Å². The van der Waals surface area contributed by atoms with Gasteiger partial charge in [0.25, 0.3) is 0 Å². The summed E-state index contributed by atoms with van der Waals surface area (Å²) >= 11 is 0. The van der Waals surface area contributed by atoms with Crippen molar-refractivity contribution in [2.24, 2.45) is 17.8 Å². The number of rotatable bonds is 3. The van der Waals surface area contributed by atoms with E-state index in [0.717, 1.165) is 18.3 Å². The first-order valence-electron chi connectivity index (χ1n) is 7.05. The number of aliphatic hydroxyl groups excluding tert-OH is 1. The molecular formula is C14H27NO. The number of likely N-dealkylation sites (tertiary alicyclic amines) is 1. The molecule has 0 spiro atoms. The summed E-state index contributed by atoms with van der Waals surface area (Å²) in [5.74, 6) is 2.31. The summed E-state index contributed by atoms with van der Waals surface area (Å²) < 4.78 is 0.